The summed E-state index contributed by atoms with van der Waals surface area (Å²) < 4.78 is 11.1. The summed E-state index contributed by atoms with van der Waals surface area (Å²) in [5, 5.41) is 0. The predicted molar refractivity (Wildman–Crippen MR) is 234 cm³/mol. The molecule has 0 heterocycles. The molecule has 0 rings (SSSR count). The summed E-state index contributed by atoms with van der Waals surface area (Å²) in [5.74, 6) is 1.11. The normalized spacial score (nSPS) is 12.8. The maximum atomic E-state index is 12.1. The Kier molecular flexibility index (Phi) is 40.6. The minimum atomic E-state index is 0.0116. The Morgan fingerprint density at radius 1 is 0.407 bits per heavy atom. The Balaban J connectivity index is 3.69. The van der Waals surface area contributed by atoms with E-state index in [-0.39, 0.29) is 11.9 Å². The second kappa shape index (κ2) is 41.5. The van der Waals surface area contributed by atoms with Crippen molar-refractivity contribution in [3.63, 3.8) is 0 Å². The maximum Gasteiger partial charge on any atom is 0.305 e. The molecule has 0 aliphatic rings. The first kappa shape index (κ1) is 52.9. The Bertz CT molecular complexity index is 733. The summed E-state index contributed by atoms with van der Waals surface area (Å²) in [7, 11) is 4.39. The van der Waals surface area contributed by atoms with Crippen molar-refractivity contribution in [3.8, 4) is 0 Å². The van der Waals surface area contributed by atoms with E-state index in [0.717, 1.165) is 45.1 Å². The van der Waals surface area contributed by atoms with Crippen molar-refractivity contribution in [2.45, 2.75) is 233 Å². The van der Waals surface area contributed by atoms with Gasteiger partial charge in [0.25, 0.3) is 0 Å². The molecule has 322 valence electrons. The number of unbranched alkanes of at least 4 members (excludes halogenated alkanes) is 22. The van der Waals surface area contributed by atoms with Crippen LogP contribution < -0.4 is 0 Å². The van der Waals surface area contributed by atoms with Crippen LogP contribution in [0.3, 0.4) is 0 Å². The third kappa shape index (κ3) is 37.8. The second-order valence-electron chi connectivity index (χ2n) is 17.1. The quantitative estimate of drug-likeness (QED) is 0.0455. The van der Waals surface area contributed by atoms with Crippen molar-refractivity contribution < 1.29 is 19.1 Å². The molecule has 6 heteroatoms. The number of carbonyl (C=O) groups is 2. The monoisotopic (exact) mass is 765 g/mol. The molecule has 0 bridgehead atoms. The minimum absolute atomic E-state index is 0.0116. The van der Waals surface area contributed by atoms with E-state index >= 15 is 0 Å². The molecule has 0 N–H and O–H groups in total. The third-order valence-corrected chi connectivity index (χ3v) is 11.6. The lowest BCUT2D eigenvalue weighted by atomic mass is 10.0. The van der Waals surface area contributed by atoms with Gasteiger partial charge in [-0.15, -0.1) is 0 Å². The van der Waals surface area contributed by atoms with Gasteiger partial charge in [-0.25, -0.2) is 0 Å². The van der Waals surface area contributed by atoms with Crippen LogP contribution in [0, 0.1) is 11.8 Å². The van der Waals surface area contributed by atoms with E-state index < -0.39 is 0 Å². The molecule has 0 spiro atoms. The van der Waals surface area contributed by atoms with Crippen LogP contribution in [-0.4, -0.2) is 75.2 Å². The van der Waals surface area contributed by atoms with Crippen molar-refractivity contribution in [1.29, 1.82) is 0 Å². The van der Waals surface area contributed by atoms with Gasteiger partial charge in [0.15, 0.2) is 0 Å². The van der Waals surface area contributed by atoms with Crippen LogP contribution in [-0.2, 0) is 19.1 Å². The molecule has 0 saturated carbocycles. The van der Waals surface area contributed by atoms with E-state index in [1.807, 2.05) is 0 Å². The summed E-state index contributed by atoms with van der Waals surface area (Å²) in [6.07, 6.45) is 39.3. The largest absolute Gasteiger partial charge is 0.465 e. The molecule has 0 aliphatic heterocycles. The van der Waals surface area contributed by atoms with E-state index in [1.165, 1.54) is 174 Å². The topological polar surface area (TPSA) is 59.1 Å². The van der Waals surface area contributed by atoms with Crippen LogP contribution in [0.2, 0.25) is 0 Å². The van der Waals surface area contributed by atoms with Gasteiger partial charge in [0.2, 0.25) is 0 Å². The lowest BCUT2D eigenvalue weighted by Crippen LogP contribution is -2.33. The molecule has 0 fully saturated rings. The Morgan fingerprint density at radius 3 is 1.02 bits per heavy atom. The van der Waals surface area contributed by atoms with Crippen molar-refractivity contribution >= 4 is 11.9 Å². The van der Waals surface area contributed by atoms with Gasteiger partial charge in [-0.05, 0) is 77.5 Å². The number of esters is 2. The second-order valence-corrected chi connectivity index (χ2v) is 17.1. The number of ether oxygens (including phenoxy) is 2. The first-order valence-corrected chi connectivity index (χ1v) is 24.0. The first-order chi connectivity index (χ1) is 26.4. The molecular formula is C48H96N2O4. The Hall–Kier alpha value is -1.14. The zero-order valence-electron chi connectivity index (χ0n) is 37.6. The molecule has 0 aromatic heterocycles. The third-order valence-electron chi connectivity index (χ3n) is 11.6. The number of hydrogen-bond donors (Lipinski definition) is 0. The zero-order chi connectivity index (χ0) is 39.7. The lowest BCUT2D eigenvalue weighted by Gasteiger charge is -2.24. The van der Waals surface area contributed by atoms with Crippen LogP contribution in [0.1, 0.15) is 233 Å². The van der Waals surface area contributed by atoms with Crippen molar-refractivity contribution in [1.82, 2.24) is 9.80 Å². The summed E-state index contributed by atoms with van der Waals surface area (Å²) in [5.41, 5.74) is 0. The van der Waals surface area contributed by atoms with Gasteiger partial charge in [0.05, 0.1) is 13.2 Å². The van der Waals surface area contributed by atoms with Crippen LogP contribution in [0.15, 0.2) is 0 Å². The van der Waals surface area contributed by atoms with Crippen LogP contribution in [0.25, 0.3) is 0 Å². The van der Waals surface area contributed by atoms with Crippen LogP contribution >= 0.6 is 0 Å². The highest BCUT2D eigenvalue weighted by molar-refractivity contribution is 5.69. The highest BCUT2D eigenvalue weighted by atomic mass is 16.5. The van der Waals surface area contributed by atoms with E-state index in [1.54, 1.807) is 0 Å². The van der Waals surface area contributed by atoms with Gasteiger partial charge in [0.1, 0.15) is 0 Å². The minimum Gasteiger partial charge on any atom is -0.465 e. The van der Waals surface area contributed by atoms with Gasteiger partial charge in [0, 0.05) is 25.9 Å². The highest BCUT2D eigenvalue weighted by Gasteiger charge is 2.11. The molecule has 0 aromatic carbocycles. The molecule has 54 heavy (non-hydrogen) atoms. The fourth-order valence-corrected chi connectivity index (χ4v) is 7.43. The molecule has 0 aliphatic carbocycles. The fraction of sp³-hybridized carbons (Fsp3) is 0.958. The van der Waals surface area contributed by atoms with E-state index in [4.69, 9.17) is 9.47 Å². The summed E-state index contributed by atoms with van der Waals surface area (Å²) in [6.45, 7) is 15.0. The van der Waals surface area contributed by atoms with E-state index in [2.05, 4.69) is 51.6 Å². The number of nitrogens with zero attached hydrogens (tertiary/aromatic N) is 2. The molecular weight excluding hydrogens is 669 g/mol. The maximum absolute atomic E-state index is 12.1. The number of carbonyl (C=O) groups excluding carboxylic acids is 2. The molecule has 0 saturated heterocycles. The van der Waals surface area contributed by atoms with Gasteiger partial charge < -0.3 is 19.3 Å². The molecule has 2 unspecified atom stereocenters. The Labute approximate surface area is 338 Å². The summed E-state index contributed by atoms with van der Waals surface area (Å²) in [6, 6.07) is 0. The predicted octanol–water partition coefficient (Wildman–Crippen LogP) is 13.7. The van der Waals surface area contributed by atoms with Crippen molar-refractivity contribution in [2.24, 2.45) is 11.8 Å². The van der Waals surface area contributed by atoms with E-state index in [0.29, 0.717) is 37.9 Å². The van der Waals surface area contributed by atoms with E-state index in [9.17, 15) is 9.59 Å². The van der Waals surface area contributed by atoms with Gasteiger partial charge in [-0.2, -0.15) is 0 Å². The zero-order valence-corrected chi connectivity index (χ0v) is 37.6. The van der Waals surface area contributed by atoms with Crippen molar-refractivity contribution in [2.75, 3.05) is 53.5 Å². The standard InChI is InChI=1S/C48H96N2O4/c1-7-11-35-45(9-3)43-53-47(51)37-31-27-23-19-15-13-17-21-25-29-33-39-50(42-41-49(5)6)40-34-30-26-22-18-14-16-20-24-28-32-38-48(52)54-44-46(10-4)36-12-8-2/h45-46H,7-44H2,1-6H3. The molecule has 0 radical (unpaired) electrons. The summed E-state index contributed by atoms with van der Waals surface area (Å²) >= 11 is 0. The number of hydrogen-bond acceptors (Lipinski definition) is 6. The van der Waals surface area contributed by atoms with Crippen LogP contribution in [0.4, 0.5) is 0 Å². The smallest absolute Gasteiger partial charge is 0.305 e. The molecule has 0 amide bonds. The fourth-order valence-electron chi connectivity index (χ4n) is 7.43. The van der Waals surface area contributed by atoms with Gasteiger partial charge in [-0.1, -0.05) is 182 Å². The molecule has 0 aromatic rings. The Morgan fingerprint density at radius 2 is 0.722 bits per heavy atom. The molecule has 6 nitrogen and oxygen atoms in total. The average Bonchev–Trinajstić information content (AvgIpc) is 3.17. The van der Waals surface area contributed by atoms with Crippen molar-refractivity contribution in [3.05, 3.63) is 0 Å². The first-order valence-electron chi connectivity index (χ1n) is 24.0. The number of likely N-dealkylation sites (N-methyl/N-ethyl adjacent to an activating group) is 1. The SMILES string of the molecule is CCCCC(CC)COC(=O)CCCCCCCCCCCCCN(CCCCCCCCCCCCCC(=O)OCC(CC)CCCC)CCN(C)C. The van der Waals surface area contributed by atoms with Gasteiger partial charge >= 0.3 is 11.9 Å². The number of rotatable bonds is 43. The highest BCUT2D eigenvalue weighted by Crippen LogP contribution is 2.17. The molecule has 2 atom stereocenters. The van der Waals surface area contributed by atoms with Gasteiger partial charge in [-0.3, -0.25) is 9.59 Å². The summed E-state index contributed by atoms with van der Waals surface area (Å²) in [4.78, 5) is 29.2. The average molecular weight is 765 g/mol. The lowest BCUT2D eigenvalue weighted by molar-refractivity contribution is -0.146. The van der Waals surface area contributed by atoms with Crippen LogP contribution in [0.5, 0.6) is 0 Å².